The predicted molar refractivity (Wildman–Crippen MR) is 124 cm³/mol. The van der Waals surface area contributed by atoms with Gasteiger partial charge in [-0.05, 0) is 36.6 Å². The van der Waals surface area contributed by atoms with Gasteiger partial charge in [0.15, 0.2) is 0 Å². The van der Waals surface area contributed by atoms with E-state index in [4.69, 9.17) is 9.47 Å². The summed E-state index contributed by atoms with van der Waals surface area (Å²) in [5.74, 6) is 0.518. The highest BCUT2D eigenvalue weighted by molar-refractivity contribution is 5.78. The van der Waals surface area contributed by atoms with Gasteiger partial charge in [0.05, 0.1) is 12.5 Å². The molecule has 0 N–H and O–H groups in total. The van der Waals surface area contributed by atoms with Gasteiger partial charge in [-0.1, -0.05) is 101 Å². The second-order valence-electron chi connectivity index (χ2n) is 7.91. The van der Waals surface area contributed by atoms with Crippen molar-refractivity contribution in [1.82, 2.24) is 0 Å². The van der Waals surface area contributed by atoms with Crippen LogP contribution < -0.4 is 4.74 Å². The van der Waals surface area contributed by atoms with Gasteiger partial charge in [-0.15, -0.1) is 0 Å². The maximum absolute atomic E-state index is 12.5. The van der Waals surface area contributed by atoms with E-state index in [9.17, 15) is 4.79 Å². The van der Waals surface area contributed by atoms with Gasteiger partial charge in [0.1, 0.15) is 12.4 Å². The minimum atomic E-state index is -0.187. The van der Waals surface area contributed by atoms with E-state index in [1.54, 1.807) is 0 Å². The molecule has 2 aromatic rings. The van der Waals surface area contributed by atoms with Crippen LogP contribution in [0.2, 0.25) is 0 Å². The smallest absolute Gasteiger partial charge is 0.313 e. The van der Waals surface area contributed by atoms with Crippen LogP contribution in [0.3, 0.4) is 0 Å². The van der Waals surface area contributed by atoms with Crippen molar-refractivity contribution >= 4 is 5.97 Å². The molecule has 30 heavy (non-hydrogen) atoms. The third kappa shape index (κ3) is 9.02. The molecule has 1 unspecified atom stereocenters. The largest absolute Gasteiger partial charge is 0.489 e. The summed E-state index contributed by atoms with van der Waals surface area (Å²) in [6.07, 6.45) is 11.0. The molecule has 0 aromatic heterocycles. The Morgan fingerprint density at radius 2 is 1.43 bits per heavy atom. The Bertz CT molecular complexity index is 694. The SMILES string of the molecule is CCCCCCCCCCC(C(=O)OCC)c1ccc(OCc2ccccc2)cc1. The third-order valence-corrected chi connectivity index (χ3v) is 5.45. The minimum absolute atomic E-state index is 0.113. The van der Waals surface area contributed by atoms with Crippen LogP contribution in [0, 0.1) is 0 Å². The Labute approximate surface area is 182 Å². The molecule has 0 saturated heterocycles. The van der Waals surface area contributed by atoms with E-state index in [0.717, 1.165) is 29.7 Å². The summed E-state index contributed by atoms with van der Waals surface area (Å²) in [5.41, 5.74) is 2.16. The first-order valence-electron chi connectivity index (χ1n) is 11.7. The molecule has 2 aromatic carbocycles. The lowest BCUT2D eigenvalue weighted by Crippen LogP contribution is -2.16. The zero-order valence-corrected chi connectivity index (χ0v) is 18.8. The van der Waals surface area contributed by atoms with Gasteiger partial charge < -0.3 is 9.47 Å². The maximum atomic E-state index is 12.5. The first kappa shape index (κ1) is 24.0. The van der Waals surface area contributed by atoms with Gasteiger partial charge in [0.25, 0.3) is 0 Å². The predicted octanol–water partition coefficient (Wildman–Crippen LogP) is 7.44. The number of hydrogen-bond donors (Lipinski definition) is 0. The van der Waals surface area contributed by atoms with E-state index in [0.29, 0.717) is 13.2 Å². The van der Waals surface area contributed by atoms with Crippen molar-refractivity contribution in [2.75, 3.05) is 6.61 Å². The van der Waals surface area contributed by atoms with Crippen LogP contribution in [0.5, 0.6) is 5.75 Å². The topological polar surface area (TPSA) is 35.5 Å². The zero-order valence-electron chi connectivity index (χ0n) is 18.8. The highest BCUT2D eigenvalue weighted by Crippen LogP contribution is 2.27. The Hall–Kier alpha value is -2.29. The molecule has 0 radical (unpaired) electrons. The Kier molecular flexibility index (Phi) is 11.7. The van der Waals surface area contributed by atoms with Crippen molar-refractivity contribution in [2.24, 2.45) is 0 Å². The summed E-state index contributed by atoms with van der Waals surface area (Å²) >= 11 is 0. The van der Waals surface area contributed by atoms with Crippen molar-refractivity contribution in [3.05, 3.63) is 65.7 Å². The highest BCUT2D eigenvalue weighted by Gasteiger charge is 2.21. The molecule has 1 atom stereocenters. The summed E-state index contributed by atoms with van der Waals surface area (Å²) in [5, 5.41) is 0. The molecule has 0 heterocycles. The quantitative estimate of drug-likeness (QED) is 0.226. The van der Waals surface area contributed by atoms with Crippen LogP contribution in [-0.2, 0) is 16.1 Å². The van der Waals surface area contributed by atoms with Crippen molar-refractivity contribution in [3.8, 4) is 5.75 Å². The van der Waals surface area contributed by atoms with Crippen LogP contribution in [-0.4, -0.2) is 12.6 Å². The third-order valence-electron chi connectivity index (χ3n) is 5.45. The van der Waals surface area contributed by atoms with Crippen LogP contribution in [0.1, 0.15) is 88.7 Å². The normalized spacial score (nSPS) is 11.8. The number of rotatable bonds is 15. The second-order valence-corrected chi connectivity index (χ2v) is 7.91. The molecule has 0 amide bonds. The summed E-state index contributed by atoms with van der Waals surface area (Å²) in [4.78, 5) is 12.5. The molecule has 0 aliphatic carbocycles. The lowest BCUT2D eigenvalue weighted by Gasteiger charge is -2.16. The van der Waals surface area contributed by atoms with E-state index < -0.39 is 0 Å². The lowest BCUT2D eigenvalue weighted by molar-refractivity contribution is -0.145. The molecule has 0 bridgehead atoms. The molecule has 164 valence electrons. The number of carbonyl (C=O) groups is 1. The van der Waals surface area contributed by atoms with E-state index in [-0.39, 0.29) is 11.9 Å². The van der Waals surface area contributed by atoms with Gasteiger partial charge in [0.2, 0.25) is 0 Å². The van der Waals surface area contributed by atoms with Crippen molar-refractivity contribution in [1.29, 1.82) is 0 Å². The van der Waals surface area contributed by atoms with E-state index in [2.05, 4.69) is 19.1 Å². The molecule has 0 spiro atoms. The van der Waals surface area contributed by atoms with Crippen molar-refractivity contribution < 1.29 is 14.3 Å². The van der Waals surface area contributed by atoms with Crippen LogP contribution in [0.15, 0.2) is 54.6 Å². The number of benzene rings is 2. The molecule has 3 heteroatoms. The average molecular weight is 411 g/mol. The molecule has 0 saturated carbocycles. The number of ether oxygens (including phenoxy) is 2. The fourth-order valence-corrected chi connectivity index (χ4v) is 3.68. The minimum Gasteiger partial charge on any atom is -0.489 e. The number of carbonyl (C=O) groups excluding carboxylic acids is 1. The first-order chi connectivity index (χ1) is 14.7. The fourth-order valence-electron chi connectivity index (χ4n) is 3.68. The van der Waals surface area contributed by atoms with Gasteiger partial charge in [-0.2, -0.15) is 0 Å². The number of esters is 1. The molecule has 0 fully saturated rings. The zero-order chi connectivity index (χ0) is 21.4. The Morgan fingerprint density at radius 1 is 0.800 bits per heavy atom. The molecular formula is C27H38O3. The molecule has 3 nitrogen and oxygen atoms in total. The summed E-state index contributed by atoms with van der Waals surface area (Å²) in [6.45, 7) is 5.08. The summed E-state index contributed by atoms with van der Waals surface area (Å²) < 4.78 is 11.2. The number of unbranched alkanes of at least 4 members (excludes halogenated alkanes) is 7. The second kappa shape index (κ2) is 14.7. The van der Waals surface area contributed by atoms with Crippen LogP contribution >= 0.6 is 0 Å². The average Bonchev–Trinajstić information content (AvgIpc) is 2.78. The number of hydrogen-bond acceptors (Lipinski definition) is 3. The van der Waals surface area contributed by atoms with E-state index in [1.165, 1.54) is 44.9 Å². The van der Waals surface area contributed by atoms with Gasteiger partial charge in [-0.3, -0.25) is 4.79 Å². The summed E-state index contributed by atoms with van der Waals surface area (Å²) in [7, 11) is 0. The van der Waals surface area contributed by atoms with Crippen LogP contribution in [0.4, 0.5) is 0 Å². The highest BCUT2D eigenvalue weighted by atomic mass is 16.5. The standard InChI is InChI=1S/C27H38O3/c1-3-5-6-7-8-9-10-14-17-26(27(28)29-4-2)24-18-20-25(21-19-24)30-22-23-15-12-11-13-16-23/h11-13,15-16,18-21,26H,3-10,14,17,22H2,1-2H3. The lowest BCUT2D eigenvalue weighted by atomic mass is 9.92. The maximum Gasteiger partial charge on any atom is 0.313 e. The molecule has 0 aliphatic heterocycles. The van der Waals surface area contributed by atoms with Crippen molar-refractivity contribution in [3.63, 3.8) is 0 Å². The first-order valence-corrected chi connectivity index (χ1v) is 11.7. The fraction of sp³-hybridized carbons (Fsp3) is 0.519. The monoisotopic (exact) mass is 410 g/mol. The van der Waals surface area contributed by atoms with Gasteiger partial charge in [-0.25, -0.2) is 0 Å². The molecule has 2 rings (SSSR count). The van der Waals surface area contributed by atoms with Gasteiger partial charge in [0, 0.05) is 0 Å². The van der Waals surface area contributed by atoms with Crippen LogP contribution in [0.25, 0.3) is 0 Å². The molecular weight excluding hydrogens is 372 g/mol. The Morgan fingerprint density at radius 3 is 2.07 bits per heavy atom. The van der Waals surface area contributed by atoms with E-state index in [1.807, 2.05) is 49.4 Å². The van der Waals surface area contributed by atoms with Gasteiger partial charge >= 0.3 is 5.97 Å². The van der Waals surface area contributed by atoms with Crippen molar-refractivity contribution in [2.45, 2.75) is 84.2 Å². The Balaban J connectivity index is 1.83. The van der Waals surface area contributed by atoms with E-state index >= 15 is 0 Å². The summed E-state index contributed by atoms with van der Waals surface area (Å²) in [6, 6.07) is 18.0. The molecule has 0 aliphatic rings.